The summed E-state index contributed by atoms with van der Waals surface area (Å²) in [5, 5.41) is 3.11. The Morgan fingerprint density at radius 3 is 2.25 bits per heavy atom. The fraction of sp³-hybridized carbons (Fsp3) is 0.435. The van der Waals surface area contributed by atoms with Gasteiger partial charge in [-0.05, 0) is 49.1 Å². The monoisotopic (exact) mass is 382 g/mol. The third-order valence-electron chi connectivity index (χ3n) is 5.18. The Bertz CT molecular complexity index is 761. The van der Waals surface area contributed by atoms with E-state index >= 15 is 0 Å². The normalized spacial score (nSPS) is 14.3. The summed E-state index contributed by atoms with van der Waals surface area (Å²) in [5.41, 5.74) is 3.05. The largest absolute Gasteiger partial charge is 0.497 e. The van der Waals surface area contributed by atoms with Crippen molar-refractivity contribution >= 4 is 17.3 Å². The highest BCUT2D eigenvalue weighted by Gasteiger charge is 2.15. The molecule has 1 amide bonds. The molecule has 0 aliphatic carbocycles. The van der Waals surface area contributed by atoms with Crippen molar-refractivity contribution in [3.05, 3.63) is 48.0 Å². The van der Waals surface area contributed by atoms with Gasteiger partial charge in [0.25, 0.3) is 0 Å². The molecule has 0 saturated carbocycles. The number of hydrogen-bond acceptors (Lipinski definition) is 4. The van der Waals surface area contributed by atoms with E-state index in [-0.39, 0.29) is 5.91 Å². The van der Waals surface area contributed by atoms with Crippen LogP contribution in [0.4, 0.5) is 11.4 Å². The lowest BCUT2D eigenvalue weighted by Crippen LogP contribution is -2.25. The van der Waals surface area contributed by atoms with E-state index in [1.807, 2.05) is 36.4 Å². The maximum absolute atomic E-state index is 12.6. The average Bonchev–Trinajstić information content (AvgIpc) is 3.02. The molecule has 0 aromatic heterocycles. The first-order valence-corrected chi connectivity index (χ1v) is 10.1. The molecular weight excluding hydrogens is 352 g/mol. The van der Waals surface area contributed by atoms with Gasteiger partial charge in [0.2, 0.25) is 5.91 Å². The van der Waals surface area contributed by atoms with Crippen LogP contribution >= 0.6 is 0 Å². The minimum Gasteiger partial charge on any atom is -0.497 e. The molecule has 0 bridgehead atoms. The van der Waals surface area contributed by atoms with Gasteiger partial charge in [0.1, 0.15) is 11.5 Å². The van der Waals surface area contributed by atoms with E-state index in [1.165, 1.54) is 25.7 Å². The van der Waals surface area contributed by atoms with Crippen LogP contribution in [0.2, 0.25) is 0 Å². The maximum atomic E-state index is 12.6. The number of para-hydroxylation sites is 2. The number of nitrogens with one attached hydrogen (secondary N) is 1. The number of benzene rings is 2. The van der Waals surface area contributed by atoms with Gasteiger partial charge < -0.3 is 19.7 Å². The summed E-state index contributed by atoms with van der Waals surface area (Å²) < 4.78 is 10.6. The lowest BCUT2D eigenvalue weighted by Gasteiger charge is -2.25. The predicted molar refractivity (Wildman–Crippen MR) is 114 cm³/mol. The van der Waals surface area contributed by atoms with Crippen molar-refractivity contribution in [2.45, 2.75) is 38.5 Å². The van der Waals surface area contributed by atoms with Crippen molar-refractivity contribution in [1.29, 1.82) is 0 Å². The number of carbonyl (C=O) groups is 1. The van der Waals surface area contributed by atoms with E-state index < -0.39 is 0 Å². The molecule has 0 unspecified atom stereocenters. The van der Waals surface area contributed by atoms with Crippen molar-refractivity contribution in [2.24, 2.45) is 0 Å². The maximum Gasteiger partial charge on any atom is 0.224 e. The first-order chi connectivity index (χ1) is 13.7. The molecule has 1 N–H and O–H groups in total. The average molecular weight is 383 g/mol. The Morgan fingerprint density at radius 2 is 1.61 bits per heavy atom. The summed E-state index contributed by atoms with van der Waals surface area (Å²) in [6.07, 6.45) is 6.03. The zero-order valence-electron chi connectivity index (χ0n) is 16.9. The Morgan fingerprint density at radius 1 is 0.964 bits per heavy atom. The molecule has 2 aromatic carbocycles. The fourth-order valence-electron chi connectivity index (χ4n) is 3.65. The number of nitrogens with zero attached hydrogens (tertiary/aromatic N) is 1. The second kappa shape index (κ2) is 10.0. The number of carbonyl (C=O) groups excluding carboxylic acids is 1. The minimum atomic E-state index is 0.0176. The fourth-order valence-corrected chi connectivity index (χ4v) is 3.65. The number of methoxy groups -OCH3 is 2. The van der Waals surface area contributed by atoms with Crippen LogP contribution in [0.5, 0.6) is 11.5 Å². The van der Waals surface area contributed by atoms with E-state index in [0.717, 1.165) is 41.5 Å². The minimum absolute atomic E-state index is 0.0176. The van der Waals surface area contributed by atoms with E-state index in [4.69, 9.17) is 9.47 Å². The first kappa shape index (κ1) is 20.1. The van der Waals surface area contributed by atoms with Crippen molar-refractivity contribution < 1.29 is 14.3 Å². The second-order valence-corrected chi connectivity index (χ2v) is 7.19. The Balaban J connectivity index is 1.64. The molecule has 5 nitrogen and oxygen atoms in total. The van der Waals surface area contributed by atoms with Crippen LogP contribution in [0.1, 0.15) is 37.7 Å². The van der Waals surface area contributed by atoms with Gasteiger partial charge in [-0.25, -0.2) is 0 Å². The number of anilines is 2. The van der Waals surface area contributed by atoms with Crippen LogP contribution in [-0.2, 0) is 11.2 Å². The van der Waals surface area contributed by atoms with Gasteiger partial charge in [0.05, 0.1) is 25.6 Å². The third-order valence-corrected chi connectivity index (χ3v) is 5.18. The Kier molecular flexibility index (Phi) is 7.18. The Labute approximate surface area is 167 Å². The van der Waals surface area contributed by atoms with Gasteiger partial charge in [0, 0.05) is 25.6 Å². The molecule has 0 atom stereocenters. The molecule has 5 heteroatoms. The van der Waals surface area contributed by atoms with Crippen molar-refractivity contribution in [3.8, 4) is 11.5 Å². The van der Waals surface area contributed by atoms with Gasteiger partial charge in [-0.3, -0.25) is 4.79 Å². The van der Waals surface area contributed by atoms with Crippen LogP contribution in [0, 0.1) is 0 Å². The number of aryl methyl sites for hydroxylation is 1. The molecular formula is C23H30N2O3. The van der Waals surface area contributed by atoms with E-state index in [0.29, 0.717) is 12.8 Å². The van der Waals surface area contributed by atoms with E-state index in [9.17, 15) is 4.79 Å². The highest BCUT2D eigenvalue weighted by atomic mass is 16.5. The number of hydrogen-bond donors (Lipinski definition) is 1. The third kappa shape index (κ3) is 5.41. The molecule has 28 heavy (non-hydrogen) atoms. The van der Waals surface area contributed by atoms with Gasteiger partial charge in [0.15, 0.2) is 0 Å². The summed E-state index contributed by atoms with van der Waals surface area (Å²) in [4.78, 5) is 15.0. The summed E-state index contributed by atoms with van der Waals surface area (Å²) in [7, 11) is 3.26. The topological polar surface area (TPSA) is 50.8 Å². The van der Waals surface area contributed by atoms with Gasteiger partial charge >= 0.3 is 0 Å². The van der Waals surface area contributed by atoms with Crippen molar-refractivity contribution in [1.82, 2.24) is 0 Å². The van der Waals surface area contributed by atoms with E-state index in [2.05, 4.69) is 16.3 Å². The SMILES string of the molecule is COc1cc(CCC(=O)Nc2ccccc2N2CCCCCC2)cc(OC)c1. The van der Waals surface area contributed by atoms with Crippen molar-refractivity contribution in [2.75, 3.05) is 37.5 Å². The summed E-state index contributed by atoms with van der Waals surface area (Å²) in [5.74, 6) is 1.49. The predicted octanol–water partition coefficient (Wildman–Crippen LogP) is 4.66. The summed E-state index contributed by atoms with van der Waals surface area (Å²) >= 11 is 0. The standard InChI is InChI=1S/C23H30N2O3/c1-27-19-15-18(16-20(17-19)28-2)11-12-23(26)24-21-9-5-6-10-22(21)25-13-7-3-4-8-14-25/h5-6,9-10,15-17H,3-4,7-8,11-14H2,1-2H3,(H,24,26). The van der Waals surface area contributed by atoms with Crippen LogP contribution in [0.15, 0.2) is 42.5 Å². The quantitative estimate of drug-likeness (QED) is 0.757. The summed E-state index contributed by atoms with van der Waals surface area (Å²) in [6.45, 7) is 2.10. The zero-order valence-corrected chi connectivity index (χ0v) is 16.9. The van der Waals surface area contributed by atoms with E-state index in [1.54, 1.807) is 14.2 Å². The van der Waals surface area contributed by atoms with Crippen molar-refractivity contribution in [3.63, 3.8) is 0 Å². The number of rotatable bonds is 7. The van der Waals surface area contributed by atoms with Gasteiger partial charge in [-0.2, -0.15) is 0 Å². The van der Waals surface area contributed by atoms with Gasteiger partial charge in [-0.15, -0.1) is 0 Å². The first-order valence-electron chi connectivity index (χ1n) is 10.1. The molecule has 3 rings (SSSR count). The summed E-state index contributed by atoms with van der Waals surface area (Å²) in [6, 6.07) is 13.8. The number of ether oxygens (including phenoxy) is 2. The highest BCUT2D eigenvalue weighted by Crippen LogP contribution is 2.28. The van der Waals surface area contributed by atoms with Crippen LogP contribution in [0.3, 0.4) is 0 Å². The molecule has 2 aromatic rings. The molecule has 1 aliphatic rings. The lowest BCUT2D eigenvalue weighted by molar-refractivity contribution is -0.116. The molecule has 1 aliphatic heterocycles. The highest BCUT2D eigenvalue weighted by molar-refractivity contribution is 5.94. The molecule has 0 spiro atoms. The molecule has 1 saturated heterocycles. The molecule has 0 radical (unpaired) electrons. The lowest BCUT2D eigenvalue weighted by atomic mass is 10.1. The molecule has 1 fully saturated rings. The molecule has 1 heterocycles. The van der Waals surface area contributed by atoms with Crippen LogP contribution in [0.25, 0.3) is 0 Å². The van der Waals surface area contributed by atoms with Gasteiger partial charge in [-0.1, -0.05) is 25.0 Å². The smallest absolute Gasteiger partial charge is 0.224 e. The Hall–Kier alpha value is -2.69. The molecule has 150 valence electrons. The van der Waals surface area contributed by atoms with Crippen LogP contribution in [-0.4, -0.2) is 33.2 Å². The number of amides is 1. The second-order valence-electron chi connectivity index (χ2n) is 7.19. The van der Waals surface area contributed by atoms with Crippen LogP contribution < -0.4 is 19.7 Å². The zero-order chi connectivity index (χ0) is 19.8.